The molecular weight excluding hydrogens is 208 g/mol. The summed E-state index contributed by atoms with van der Waals surface area (Å²) < 4.78 is 0. The van der Waals surface area contributed by atoms with E-state index >= 15 is 0 Å². The van der Waals surface area contributed by atoms with Crippen molar-refractivity contribution in [2.75, 3.05) is 24.6 Å². The minimum atomic E-state index is 0.259. The number of thioether (sulfide) groups is 1. The van der Waals surface area contributed by atoms with E-state index in [2.05, 4.69) is 10.6 Å². The standard InChI is InChI=1S/C11H20N2OS/c14-11(9-3-4-9)13-6-5-12-10-2-1-7-15-8-10/h9-10,12H,1-8H2,(H,13,14)/t10-/m1/s1. The molecule has 1 heterocycles. The van der Waals surface area contributed by atoms with Crippen LogP contribution in [0.5, 0.6) is 0 Å². The van der Waals surface area contributed by atoms with Gasteiger partial charge in [-0.25, -0.2) is 0 Å². The number of hydrogen-bond acceptors (Lipinski definition) is 3. The number of nitrogens with one attached hydrogen (secondary N) is 2. The molecule has 2 fully saturated rings. The molecule has 0 aromatic rings. The minimum absolute atomic E-state index is 0.259. The van der Waals surface area contributed by atoms with Crippen molar-refractivity contribution >= 4 is 17.7 Å². The molecule has 1 amide bonds. The number of carbonyl (C=O) groups is 1. The molecule has 0 aromatic heterocycles. The molecular formula is C11H20N2OS. The van der Waals surface area contributed by atoms with Crippen LogP contribution in [0, 0.1) is 5.92 Å². The van der Waals surface area contributed by atoms with Gasteiger partial charge in [-0.3, -0.25) is 4.79 Å². The highest BCUT2D eigenvalue weighted by atomic mass is 32.2. The van der Waals surface area contributed by atoms with Gasteiger partial charge in [-0.05, 0) is 31.4 Å². The highest BCUT2D eigenvalue weighted by Crippen LogP contribution is 2.28. The molecule has 4 heteroatoms. The molecule has 2 rings (SSSR count). The Morgan fingerprint density at radius 1 is 1.27 bits per heavy atom. The Kier molecular flexibility index (Phi) is 4.32. The highest BCUT2D eigenvalue weighted by Gasteiger charge is 2.28. The second-order valence-electron chi connectivity index (χ2n) is 4.43. The molecule has 0 spiro atoms. The van der Waals surface area contributed by atoms with E-state index in [0.29, 0.717) is 12.0 Å². The molecule has 1 aliphatic heterocycles. The number of rotatable bonds is 5. The van der Waals surface area contributed by atoms with E-state index in [0.717, 1.165) is 25.9 Å². The van der Waals surface area contributed by atoms with E-state index in [1.54, 1.807) is 0 Å². The predicted octanol–water partition coefficient (Wildman–Crippen LogP) is 0.998. The Balaban J connectivity index is 1.48. The van der Waals surface area contributed by atoms with Gasteiger partial charge in [0, 0.05) is 30.8 Å². The van der Waals surface area contributed by atoms with Crippen LogP contribution in [-0.2, 0) is 4.79 Å². The zero-order chi connectivity index (χ0) is 10.5. The van der Waals surface area contributed by atoms with Crippen molar-refractivity contribution in [3.63, 3.8) is 0 Å². The fourth-order valence-corrected chi connectivity index (χ4v) is 2.96. The molecule has 2 N–H and O–H groups in total. The lowest BCUT2D eigenvalue weighted by molar-refractivity contribution is -0.122. The maximum Gasteiger partial charge on any atom is 0.223 e. The van der Waals surface area contributed by atoms with Gasteiger partial charge in [0.25, 0.3) is 0 Å². The number of carbonyl (C=O) groups excluding carboxylic acids is 1. The van der Waals surface area contributed by atoms with Crippen LogP contribution in [0.4, 0.5) is 0 Å². The summed E-state index contributed by atoms with van der Waals surface area (Å²) in [4.78, 5) is 11.3. The summed E-state index contributed by atoms with van der Waals surface area (Å²) in [6, 6.07) is 0.668. The lowest BCUT2D eigenvalue weighted by atomic mass is 10.2. The molecule has 0 bridgehead atoms. The van der Waals surface area contributed by atoms with Gasteiger partial charge in [-0.15, -0.1) is 0 Å². The third-order valence-electron chi connectivity index (χ3n) is 2.97. The fraction of sp³-hybridized carbons (Fsp3) is 0.909. The molecule has 1 aliphatic carbocycles. The van der Waals surface area contributed by atoms with E-state index in [9.17, 15) is 4.79 Å². The zero-order valence-electron chi connectivity index (χ0n) is 9.13. The summed E-state index contributed by atoms with van der Waals surface area (Å²) in [7, 11) is 0. The monoisotopic (exact) mass is 228 g/mol. The summed E-state index contributed by atoms with van der Waals surface area (Å²) >= 11 is 2.03. The van der Waals surface area contributed by atoms with Gasteiger partial charge in [-0.1, -0.05) is 0 Å². The quantitative estimate of drug-likeness (QED) is 0.690. The third kappa shape index (κ3) is 4.03. The molecule has 0 aromatic carbocycles. The minimum Gasteiger partial charge on any atom is -0.355 e. The maximum absolute atomic E-state index is 11.3. The molecule has 15 heavy (non-hydrogen) atoms. The van der Waals surface area contributed by atoms with Crippen molar-refractivity contribution in [2.24, 2.45) is 5.92 Å². The fourth-order valence-electron chi connectivity index (χ4n) is 1.85. The Morgan fingerprint density at radius 2 is 2.13 bits per heavy atom. The van der Waals surface area contributed by atoms with Crippen LogP contribution in [0.2, 0.25) is 0 Å². The third-order valence-corrected chi connectivity index (χ3v) is 4.18. The largest absolute Gasteiger partial charge is 0.355 e. The smallest absolute Gasteiger partial charge is 0.223 e. The summed E-state index contributed by atoms with van der Waals surface area (Å²) in [5, 5.41) is 6.48. The number of hydrogen-bond donors (Lipinski definition) is 2. The van der Waals surface area contributed by atoms with E-state index in [4.69, 9.17) is 0 Å². The van der Waals surface area contributed by atoms with Crippen LogP contribution in [0.15, 0.2) is 0 Å². The van der Waals surface area contributed by atoms with Crippen LogP contribution < -0.4 is 10.6 Å². The molecule has 1 saturated carbocycles. The van der Waals surface area contributed by atoms with Gasteiger partial charge >= 0.3 is 0 Å². The van der Waals surface area contributed by atoms with Gasteiger partial charge < -0.3 is 10.6 Å². The van der Waals surface area contributed by atoms with E-state index < -0.39 is 0 Å². The molecule has 2 aliphatic rings. The van der Waals surface area contributed by atoms with Crippen molar-refractivity contribution in [3.8, 4) is 0 Å². The Bertz CT molecular complexity index is 213. The SMILES string of the molecule is O=C(NCCN[C@@H]1CCCSC1)C1CC1. The van der Waals surface area contributed by atoms with Crippen LogP contribution in [0.25, 0.3) is 0 Å². The second-order valence-corrected chi connectivity index (χ2v) is 5.58. The Hall–Kier alpha value is -0.220. The summed E-state index contributed by atoms with van der Waals surface area (Å²) in [6.07, 6.45) is 4.82. The summed E-state index contributed by atoms with van der Waals surface area (Å²) in [5.74, 6) is 3.15. The van der Waals surface area contributed by atoms with E-state index in [-0.39, 0.29) is 5.91 Å². The first-order valence-corrected chi connectivity index (χ1v) is 7.10. The van der Waals surface area contributed by atoms with E-state index in [1.165, 1.54) is 24.3 Å². The first-order chi connectivity index (χ1) is 7.36. The Labute approximate surface area is 95.8 Å². The second kappa shape index (κ2) is 5.75. The van der Waals surface area contributed by atoms with Crippen LogP contribution in [0.3, 0.4) is 0 Å². The molecule has 0 unspecified atom stereocenters. The van der Waals surface area contributed by atoms with Gasteiger partial charge in [0.1, 0.15) is 0 Å². The topological polar surface area (TPSA) is 41.1 Å². The lowest BCUT2D eigenvalue weighted by Crippen LogP contribution is -2.39. The molecule has 0 radical (unpaired) electrons. The van der Waals surface area contributed by atoms with E-state index in [1.807, 2.05) is 11.8 Å². The highest BCUT2D eigenvalue weighted by molar-refractivity contribution is 7.99. The molecule has 1 saturated heterocycles. The van der Waals surface area contributed by atoms with Gasteiger partial charge in [0.15, 0.2) is 0 Å². The summed E-state index contributed by atoms with van der Waals surface area (Å²) in [6.45, 7) is 1.71. The van der Waals surface area contributed by atoms with Crippen LogP contribution in [0.1, 0.15) is 25.7 Å². The van der Waals surface area contributed by atoms with Crippen molar-refractivity contribution in [1.29, 1.82) is 0 Å². The van der Waals surface area contributed by atoms with Crippen molar-refractivity contribution in [3.05, 3.63) is 0 Å². The zero-order valence-corrected chi connectivity index (χ0v) is 9.94. The van der Waals surface area contributed by atoms with Crippen LogP contribution in [-0.4, -0.2) is 36.5 Å². The molecule has 3 nitrogen and oxygen atoms in total. The average Bonchev–Trinajstić information content (AvgIpc) is 3.09. The molecule has 86 valence electrons. The number of amides is 1. The predicted molar refractivity (Wildman–Crippen MR) is 64.1 cm³/mol. The van der Waals surface area contributed by atoms with Crippen molar-refractivity contribution < 1.29 is 4.79 Å². The Morgan fingerprint density at radius 3 is 2.80 bits per heavy atom. The van der Waals surface area contributed by atoms with Crippen LogP contribution >= 0.6 is 11.8 Å². The van der Waals surface area contributed by atoms with Gasteiger partial charge in [0.05, 0.1) is 0 Å². The maximum atomic E-state index is 11.3. The van der Waals surface area contributed by atoms with Gasteiger partial charge in [-0.2, -0.15) is 11.8 Å². The normalized spacial score (nSPS) is 26.3. The van der Waals surface area contributed by atoms with Crippen molar-refractivity contribution in [2.45, 2.75) is 31.7 Å². The van der Waals surface area contributed by atoms with Crippen molar-refractivity contribution in [1.82, 2.24) is 10.6 Å². The first kappa shape index (κ1) is 11.3. The lowest BCUT2D eigenvalue weighted by Gasteiger charge is -2.22. The van der Waals surface area contributed by atoms with Gasteiger partial charge in [0.2, 0.25) is 5.91 Å². The summed E-state index contributed by atoms with van der Waals surface area (Å²) in [5.41, 5.74) is 0. The average molecular weight is 228 g/mol. The molecule has 1 atom stereocenters. The first-order valence-electron chi connectivity index (χ1n) is 5.95.